The molecule has 78 valence electrons. The van der Waals surface area contributed by atoms with E-state index in [0.717, 1.165) is 12.0 Å². The summed E-state index contributed by atoms with van der Waals surface area (Å²) in [6.45, 7) is 6.33. The first-order valence-electron chi connectivity index (χ1n) is 5.15. The van der Waals surface area contributed by atoms with Gasteiger partial charge in [0.2, 0.25) is 0 Å². The summed E-state index contributed by atoms with van der Waals surface area (Å²) in [5.41, 5.74) is 1.00. The molecule has 0 radical (unpaired) electrons. The van der Waals surface area contributed by atoms with Gasteiger partial charge in [0, 0.05) is 12.1 Å². The quantitative estimate of drug-likeness (QED) is 0.777. The lowest BCUT2D eigenvalue weighted by Crippen LogP contribution is -2.28. The maximum Gasteiger partial charge on any atom is 0.123 e. The van der Waals surface area contributed by atoms with Crippen LogP contribution in [0.2, 0.25) is 0 Å². The van der Waals surface area contributed by atoms with Crippen LogP contribution >= 0.6 is 0 Å². The predicted molar refractivity (Wildman–Crippen MR) is 57.7 cm³/mol. The van der Waals surface area contributed by atoms with Crippen LogP contribution in [0.15, 0.2) is 24.3 Å². The van der Waals surface area contributed by atoms with E-state index in [4.69, 9.17) is 0 Å². The Hall–Kier alpha value is -0.890. The van der Waals surface area contributed by atoms with Gasteiger partial charge >= 0.3 is 0 Å². The van der Waals surface area contributed by atoms with E-state index in [1.165, 1.54) is 6.07 Å². The van der Waals surface area contributed by atoms with Gasteiger partial charge in [-0.2, -0.15) is 0 Å². The third-order valence-electron chi connectivity index (χ3n) is 2.50. The Kier molecular flexibility index (Phi) is 4.08. The molecule has 1 nitrogen and oxygen atoms in total. The Morgan fingerprint density at radius 1 is 1.36 bits per heavy atom. The molecule has 0 heterocycles. The molecule has 0 bridgehead atoms. The summed E-state index contributed by atoms with van der Waals surface area (Å²) in [6.07, 6.45) is 1.08. The number of nitrogens with one attached hydrogen (secondary N) is 1. The second kappa shape index (κ2) is 5.11. The maximum absolute atomic E-state index is 12.9. The minimum Gasteiger partial charge on any atom is -0.308 e. The van der Waals surface area contributed by atoms with Gasteiger partial charge < -0.3 is 5.32 Å². The highest BCUT2D eigenvalue weighted by Crippen LogP contribution is 2.14. The summed E-state index contributed by atoms with van der Waals surface area (Å²) in [4.78, 5) is 0. The molecule has 0 spiro atoms. The van der Waals surface area contributed by atoms with Crippen LogP contribution in [-0.4, -0.2) is 6.04 Å². The molecule has 1 aromatic rings. The molecule has 14 heavy (non-hydrogen) atoms. The van der Waals surface area contributed by atoms with Gasteiger partial charge in [-0.15, -0.1) is 0 Å². The van der Waals surface area contributed by atoms with E-state index in [1.54, 1.807) is 12.1 Å². The molecular weight excluding hydrogens is 177 g/mol. The highest BCUT2D eigenvalue weighted by Gasteiger charge is 2.08. The SMILES string of the molecule is CCC(C)N[C@@H](C)c1cccc(F)c1. The molecule has 0 fully saturated rings. The topological polar surface area (TPSA) is 12.0 Å². The van der Waals surface area contributed by atoms with Crippen LogP contribution < -0.4 is 5.32 Å². The van der Waals surface area contributed by atoms with Crippen molar-refractivity contribution in [2.24, 2.45) is 0 Å². The molecule has 0 aliphatic heterocycles. The van der Waals surface area contributed by atoms with Crippen LogP contribution in [-0.2, 0) is 0 Å². The van der Waals surface area contributed by atoms with Gasteiger partial charge in [-0.3, -0.25) is 0 Å². The van der Waals surface area contributed by atoms with Gasteiger partial charge in [0.05, 0.1) is 0 Å². The van der Waals surface area contributed by atoms with E-state index in [-0.39, 0.29) is 11.9 Å². The Balaban J connectivity index is 2.64. The van der Waals surface area contributed by atoms with Gasteiger partial charge in [0.25, 0.3) is 0 Å². The fourth-order valence-corrected chi connectivity index (χ4v) is 1.42. The largest absolute Gasteiger partial charge is 0.308 e. The van der Waals surface area contributed by atoms with Crippen molar-refractivity contribution in [3.8, 4) is 0 Å². The van der Waals surface area contributed by atoms with E-state index in [9.17, 15) is 4.39 Å². The smallest absolute Gasteiger partial charge is 0.123 e. The minimum absolute atomic E-state index is 0.166. The second-order valence-electron chi connectivity index (χ2n) is 3.75. The molecule has 0 aromatic heterocycles. The number of benzene rings is 1. The molecule has 0 aliphatic rings. The maximum atomic E-state index is 12.9. The predicted octanol–water partition coefficient (Wildman–Crippen LogP) is 3.27. The Bertz CT molecular complexity index is 285. The standard InChI is InChI=1S/C12H18FN/c1-4-9(2)14-10(3)11-6-5-7-12(13)8-11/h5-10,14H,4H2,1-3H3/t9?,10-/m0/s1. The van der Waals surface area contributed by atoms with Crippen LogP contribution in [0.5, 0.6) is 0 Å². The number of rotatable bonds is 4. The van der Waals surface area contributed by atoms with E-state index < -0.39 is 0 Å². The van der Waals surface area contributed by atoms with Gasteiger partial charge in [-0.1, -0.05) is 19.1 Å². The number of hydrogen-bond acceptors (Lipinski definition) is 1. The zero-order valence-electron chi connectivity index (χ0n) is 9.05. The van der Waals surface area contributed by atoms with Crippen molar-refractivity contribution in [3.05, 3.63) is 35.6 Å². The molecule has 0 aliphatic carbocycles. The first kappa shape index (κ1) is 11.2. The van der Waals surface area contributed by atoms with Crippen LogP contribution in [0.1, 0.15) is 38.8 Å². The molecule has 1 unspecified atom stereocenters. The third-order valence-corrected chi connectivity index (χ3v) is 2.50. The van der Waals surface area contributed by atoms with Crippen molar-refractivity contribution >= 4 is 0 Å². The molecule has 1 aromatic carbocycles. The van der Waals surface area contributed by atoms with Crippen LogP contribution in [0, 0.1) is 5.82 Å². The van der Waals surface area contributed by atoms with E-state index in [1.807, 2.05) is 6.07 Å². The summed E-state index contributed by atoms with van der Waals surface area (Å²) in [5.74, 6) is -0.166. The summed E-state index contributed by atoms with van der Waals surface area (Å²) in [5, 5.41) is 3.41. The minimum atomic E-state index is -0.166. The lowest BCUT2D eigenvalue weighted by molar-refractivity contribution is 0.467. The molecule has 1 N–H and O–H groups in total. The van der Waals surface area contributed by atoms with Crippen molar-refractivity contribution in [2.75, 3.05) is 0 Å². The highest BCUT2D eigenvalue weighted by atomic mass is 19.1. The summed E-state index contributed by atoms with van der Waals surface area (Å²) in [6, 6.07) is 7.43. The van der Waals surface area contributed by atoms with Crippen LogP contribution in [0.4, 0.5) is 4.39 Å². The van der Waals surface area contributed by atoms with Gasteiger partial charge in [0.1, 0.15) is 5.82 Å². The first-order valence-corrected chi connectivity index (χ1v) is 5.15. The fraction of sp³-hybridized carbons (Fsp3) is 0.500. The van der Waals surface area contributed by atoms with E-state index in [0.29, 0.717) is 6.04 Å². The summed E-state index contributed by atoms with van der Waals surface area (Å²) in [7, 11) is 0. The second-order valence-corrected chi connectivity index (χ2v) is 3.75. The van der Waals surface area contributed by atoms with Gasteiger partial charge in [-0.25, -0.2) is 4.39 Å². The number of hydrogen-bond donors (Lipinski definition) is 1. The van der Waals surface area contributed by atoms with Crippen molar-refractivity contribution in [2.45, 2.75) is 39.3 Å². The van der Waals surface area contributed by atoms with Crippen LogP contribution in [0.25, 0.3) is 0 Å². The normalized spacial score (nSPS) is 15.1. The summed E-state index contributed by atoms with van der Waals surface area (Å²) < 4.78 is 12.9. The summed E-state index contributed by atoms with van der Waals surface area (Å²) >= 11 is 0. The van der Waals surface area contributed by atoms with Gasteiger partial charge in [0.15, 0.2) is 0 Å². The molecule has 0 saturated heterocycles. The Morgan fingerprint density at radius 3 is 2.64 bits per heavy atom. The lowest BCUT2D eigenvalue weighted by Gasteiger charge is -2.19. The Labute approximate surface area is 85.3 Å². The molecule has 0 amide bonds. The van der Waals surface area contributed by atoms with Crippen molar-refractivity contribution in [1.82, 2.24) is 5.32 Å². The number of halogens is 1. The van der Waals surface area contributed by atoms with Crippen molar-refractivity contribution in [1.29, 1.82) is 0 Å². The first-order chi connectivity index (χ1) is 6.63. The average molecular weight is 195 g/mol. The van der Waals surface area contributed by atoms with Crippen LogP contribution in [0.3, 0.4) is 0 Å². The zero-order valence-corrected chi connectivity index (χ0v) is 9.05. The van der Waals surface area contributed by atoms with Crippen molar-refractivity contribution < 1.29 is 4.39 Å². The molecule has 2 atom stereocenters. The molecular formula is C12H18FN. The van der Waals surface area contributed by atoms with Crippen molar-refractivity contribution in [3.63, 3.8) is 0 Å². The molecule has 1 rings (SSSR count). The monoisotopic (exact) mass is 195 g/mol. The molecule has 2 heteroatoms. The molecule has 0 saturated carbocycles. The third kappa shape index (κ3) is 3.11. The lowest BCUT2D eigenvalue weighted by atomic mass is 10.1. The van der Waals surface area contributed by atoms with E-state index >= 15 is 0 Å². The fourth-order valence-electron chi connectivity index (χ4n) is 1.42. The Morgan fingerprint density at radius 2 is 2.07 bits per heavy atom. The highest BCUT2D eigenvalue weighted by molar-refractivity contribution is 5.19. The zero-order chi connectivity index (χ0) is 10.6. The van der Waals surface area contributed by atoms with Gasteiger partial charge in [-0.05, 0) is 38.0 Å². The van der Waals surface area contributed by atoms with E-state index in [2.05, 4.69) is 26.1 Å². The average Bonchev–Trinajstić information content (AvgIpc) is 2.17.